The van der Waals surface area contributed by atoms with E-state index in [1.165, 1.54) is 29.2 Å². The highest BCUT2D eigenvalue weighted by atomic mass is 16.6. The van der Waals surface area contributed by atoms with Crippen LogP contribution in [-0.4, -0.2) is 39.1 Å². The molecular formula is C17H15N7O4. The summed E-state index contributed by atoms with van der Waals surface area (Å²) in [7, 11) is 0. The summed E-state index contributed by atoms with van der Waals surface area (Å²) in [5.41, 5.74) is 0.0710. The normalized spacial score (nSPS) is 9.79. The van der Waals surface area contributed by atoms with Gasteiger partial charge >= 0.3 is 11.7 Å². The van der Waals surface area contributed by atoms with E-state index in [0.29, 0.717) is 5.69 Å². The number of rotatable bonds is 9. The number of carboxylic acids is 1. The van der Waals surface area contributed by atoms with Gasteiger partial charge < -0.3 is 15.3 Å². The molecule has 142 valence electrons. The maximum atomic E-state index is 11.7. The minimum Gasteiger partial charge on any atom is -0.478 e. The lowest BCUT2D eigenvalue weighted by Gasteiger charge is -2.21. The number of hydrogen-bond donors (Lipinski definition) is 2. The Morgan fingerprint density at radius 3 is 2.29 bits per heavy atom. The van der Waals surface area contributed by atoms with E-state index >= 15 is 0 Å². The second-order valence-electron chi connectivity index (χ2n) is 5.46. The fraction of sp³-hybridized carbons (Fsp3) is 0.235. The molecule has 2 rings (SSSR count). The number of nitrogens with zero attached hydrogens (tertiary/aromatic N) is 6. The van der Waals surface area contributed by atoms with Gasteiger partial charge in [0.05, 0.1) is 35.5 Å². The molecule has 0 aliphatic rings. The van der Waals surface area contributed by atoms with Crippen LogP contribution in [0.2, 0.25) is 0 Å². The van der Waals surface area contributed by atoms with Gasteiger partial charge in [-0.25, -0.2) is 14.8 Å². The molecule has 2 aromatic rings. The lowest BCUT2D eigenvalue weighted by molar-refractivity contribution is -0.383. The molecule has 11 nitrogen and oxygen atoms in total. The second-order valence-corrected chi connectivity index (χ2v) is 5.46. The summed E-state index contributed by atoms with van der Waals surface area (Å²) in [4.78, 5) is 31.4. The minimum atomic E-state index is -1.09. The monoisotopic (exact) mass is 381 g/mol. The molecule has 2 N–H and O–H groups in total. The highest BCUT2D eigenvalue weighted by molar-refractivity contribution is 5.88. The first-order chi connectivity index (χ1) is 13.5. The van der Waals surface area contributed by atoms with Gasteiger partial charge in [0.1, 0.15) is 6.33 Å². The third-order valence-corrected chi connectivity index (χ3v) is 3.67. The van der Waals surface area contributed by atoms with Crippen molar-refractivity contribution in [1.82, 2.24) is 9.97 Å². The van der Waals surface area contributed by atoms with E-state index in [2.05, 4.69) is 15.3 Å². The Kier molecular flexibility index (Phi) is 6.77. The molecule has 28 heavy (non-hydrogen) atoms. The van der Waals surface area contributed by atoms with Crippen LogP contribution < -0.4 is 10.2 Å². The quantitative estimate of drug-likeness (QED) is 0.486. The molecule has 0 aliphatic carbocycles. The SMILES string of the molecule is N#CCCN(CCC#N)c1ncnc(Nc2ccc(C(=O)O)cc2)c1[N+](=O)[O-]. The molecular weight excluding hydrogens is 366 g/mol. The molecule has 0 fully saturated rings. The van der Waals surface area contributed by atoms with E-state index in [1.54, 1.807) is 0 Å². The molecule has 0 amide bonds. The third kappa shape index (κ3) is 4.89. The fourth-order valence-corrected chi connectivity index (χ4v) is 2.39. The molecule has 0 radical (unpaired) electrons. The van der Waals surface area contributed by atoms with E-state index in [-0.39, 0.29) is 43.1 Å². The van der Waals surface area contributed by atoms with Gasteiger partial charge in [0.15, 0.2) is 0 Å². The van der Waals surface area contributed by atoms with Gasteiger partial charge in [-0.15, -0.1) is 0 Å². The molecule has 0 bridgehead atoms. The Morgan fingerprint density at radius 1 is 1.18 bits per heavy atom. The molecule has 0 unspecified atom stereocenters. The predicted molar refractivity (Wildman–Crippen MR) is 98.0 cm³/mol. The van der Waals surface area contributed by atoms with Crippen molar-refractivity contribution in [2.24, 2.45) is 0 Å². The van der Waals surface area contributed by atoms with Crippen LogP contribution in [0, 0.1) is 32.8 Å². The molecule has 1 aromatic carbocycles. The summed E-state index contributed by atoms with van der Waals surface area (Å²) in [5, 5.41) is 41.0. The van der Waals surface area contributed by atoms with Crippen LogP contribution >= 0.6 is 0 Å². The first-order valence-electron chi connectivity index (χ1n) is 8.06. The van der Waals surface area contributed by atoms with E-state index in [4.69, 9.17) is 15.6 Å². The smallest absolute Gasteiger partial charge is 0.353 e. The number of anilines is 3. The number of benzene rings is 1. The van der Waals surface area contributed by atoms with Gasteiger partial charge in [-0.1, -0.05) is 0 Å². The standard InChI is InChI=1S/C17H15N7O4/c18-7-1-9-23(10-2-8-19)16-14(24(27)28)15(20-11-21-16)22-13-5-3-12(4-6-13)17(25)26/h3-6,11H,1-2,9-10H2,(H,25,26)(H,20,21,22). The van der Waals surface area contributed by atoms with Gasteiger partial charge in [-0.3, -0.25) is 10.1 Å². The first-order valence-corrected chi connectivity index (χ1v) is 8.06. The Balaban J connectivity index is 2.41. The van der Waals surface area contributed by atoms with Crippen molar-refractivity contribution in [1.29, 1.82) is 10.5 Å². The van der Waals surface area contributed by atoms with Crippen LogP contribution in [0.15, 0.2) is 30.6 Å². The maximum Gasteiger partial charge on any atom is 0.353 e. The van der Waals surface area contributed by atoms with Crippen LogP contribution in [0.4, 0.5) is 23.0 Å². The molecule has 0 atom stereocenters. The van der Waals surface area contributed by atoms with Crippen LogP contribution in [0.25, 0.3) is 0 Å². The Hall–Kier alpha value is -4.25. The van der Waals surface area contributed by atoms with Crippen LogP contribution in [0.3, 0.4) is 0 Å². The second kappa shape index (κ2) is 9.45. The topological polar surface area (TPSA) is 169 Å². The summed E-state index contributed by atoms with van der Waals surface area (Å²) < 4.78 is 0. The van der Waals surface area contributed by atoms with Gasteiger partial charge in [-0.05, 0) is 24.3 Å². The molecule has 0 saturated carbocycles. The van der Waals surface area contributed by atoms with E-state index in [1.807, 2.05) is 12.1 Å². The largest absolute Gasteiger partial charge is 0.478 e. The third-order valence-electron chi connectivity index (χ3n) is 3.67. The number of nitriles is 2. The number of carboxylic acid groups (broad SMARTS) is 1. The summed E-state index contributed by atoms with van der Waals surface area (Å²) >= 11 is 0. The van der Waals surface area contributed by atoms with Gasteiger partial charge in [-0.2, -0.15) is 10.5 Å². The Morgan fingerprint density at radius 2 is 1.79 bits per heavy atom. The van der Waals surface area contributed by atoms with Crippen molar-refractivity contribution in [2.45, 2.75) is 12.8 Å². The highest BCUT2D eigenvalue weighted by Gasteiger charge is 2.27. The summed E-state index contributed by atoms with van der Waals surface area (Å²) in [5.74, 6) is -1.18. The zero-order chi connectivity index (χ0) is 20.5. The molecule has 0 aliphatic heterocycles. The molecule has 1 heterocycles. The summed E-state index contributed by atoms with van der Waals surface area (Å²) in [6.07, 6.45) is 1.35. The summed E-state index contributed by atoms with van der Waals surface area (Å²) in [6.45, 7) is 0.339. The number of nitrogens with one attached hydrogen (secondary N) is 1. The van der Waals surface area contributed by atoms with Crippen molar-refractivity contribution < 1.29 is 14.8 Å². The van der Waals surface area contributed by atoms with Crippen molar-refractivity contribution in [3.8, 4) is 12.1 Å². The van der Waals surface area contributed by atoms with Crippen LogP contribution in [0.5, 0.6) is 0 Å². The van der Waals surface area contributed by atoms with Crippen molar-refractivity contribution in [3.05, 3.63) is 46.3 Å². The molecule has 0 spiro atoms. The predicted octanol–water partition coefficient (Wildman–Crippen LogP) is 2.46. The lowest BCUT2D eigenvalue weighted by Crippen LogP contribution is -2.27. The van der Waals surface area contributed by atoms with Crippen molar-refractivity contribution in [2.75, 3.05) is 23.3 Å². The van der Waals surface area contributed by atoms with E-state index < -0.39 is 16.6 Å². The average Bonchev–Trinajstić information content (AvgIpc) is 2.68. The average molecular weight is 381 g/mol. The van der Waals surface area contributed by atoms with E-state index in [9.17, 15) is 14.9 Å². The molecule has 1 aromatic heterocycles. The highest BCUT2D eigenvalue weighted by Crippen LogP contribution is 2.33. The van der Waals surface area contributed by atoms with Gasteiger partial charge in [0.25, 0.3) is 0 Å². The number of carbonyl (C=O) groups is 1. The molecule has 11 heteroatoms. The number of aromatic carboxylic acids is 1. The fourth-order valence-electron chi connectivity index (χ4n) is 2.39. The Bertz CT molecular complexity index is 929. The van der Waals surface area contributed by atoms with Crippen molar-refractivity contribution in [3.63, 3.8) is 0 Å². The van der Waals surface area contributed by atoms with Gasteiger partial charge in [0, 0.05) is 18.8 Å². The minimum absolute atomic E-state index is 0.00449. The zero-order valence-electron chi connectivity index (χ0n) is 14.6. The van der Waals surface area contributed by atoms with Gasteiger partial charge in [0.2, 0.25) is 11.6 Å². The zero-order valence-corrected chi connectivity index (χ0v) is 14.6. The van der Waals surface area contributed by atoms with Crippen LogP contribution in [0.1, 0.15) is 23.2 Å². The number of hydrogen-bond acceptors (Lipinski definition) is 9. The summed E-state index contributed by atoms with van der Waals surface area (Å²) in [6, 6.07) is 9.54. The Labute approximate surface area is 159 Å². The maximum absolute atomic E-state index is 11.7. The first kappa shape index (κ1) is 20.1. The number of nitro groups is 1. The lowest BCUT2D eigenvalue weighted by atomic mass is 10.2. The molecule has 0 saturated heterocycles. The van der Waals surface area contributed by atoms with E-state index in [0.717, 1.165) is 6.33 Å². The van der Waals surface area contributed by atoms with Crippen LogP contribution in [-0.2, 0) is 0 Å². The number of aromatic nitrogens is 2. The van der Waals surface area contributed by atoms with Crippen molar-refractivity contribution >= 4 is 29.0 Å².